The summed E-state index contributed by atoms with van der Waals surface area (Å²) in [7, 11) is 0. The summed E-state index contributed by atoms with van der Waals surface area (Å²) in [5, 5.41) is 18.0. The number of allylic oxidation sites excluding steroid dienone is 2. The average Bonchev–Trinajstić information content (AvgIpc) is 3.21. The molecular weight excluding hydrogens is 439 g/mol. The van der Waals surface area contributed by atoms with E-state index in [9.17, 15) is 14.5 Å². The number of nitrogens with zero attached hydrogens (tertiary/aromatic N) is 4. The Morgan fingerprint density at radius 3 is 2.73 bits per heavy atom. The SMILES string of the molecule is CC1(C)C2CC=C(C=Nn3c(-c4cccc([N+](=O)[O-])c4)csc3=Nc3ccc(F)cc3)C1C2. The highest BCUT2D eigenvalue weighted by Gasteiger charge is 2.50. The number of nitro groups is 1. The molecule has 0 radical (unpaired) electrons. The summed E-state index contributed by atoms with van der Waals surface area (Å²) in [6, 6.07) is 12.4. The quantitative estimate of drug-likeness (QED) is 0.253. The van der Waals surface area contributed by atoms with E-state index < -0.39 is 4.92 Å². The number of non-ortho nitro benzene ring substituents is 1. The molecule has 2 atom stereocenters. The normalized spacial score (nSPS) is 21.7. The van der Waals surface area contributed by atoms with E-state index in [-0.39, 0.29) is 16.9 Å². The fraction of sp³-hybridized carbons (Fsp3) is 0.280. The van der Waals surface area contributed by atoms with Gasteiger partial charge in [0, 0.05) is 23.1 Å². The first kappa shape index (κ1) is 21.5. The lowest BCUT2D eigenvalue weighted by atomic mass is 9.49. The number of hydrogen-bond acceptors (Lipinski definition) is 5. The zero-order chi connectivity index (χ0) is 23.2. The molecule has 1 fully saturated rings. The van der Waals surface area contributed by atoms with E-state index in [1.165, 1.54) is 47.6 Å². The molecule has 33 heavy (non-hydrogen) atoms. The number of benzene rings is 2. The largest absolute Gasteiger partial charge is 0.270 e. The summed E-state index contributed by atoms with van der Waals surface area (Å²) >= 11 is 1.38. The Balaban J connectivity index is 1.60. The third kappa shape index (κ3) is 3.95. The van der Waals surface area contributed by atoms with Gasteiger partial charge in [-0.2, -0.15) is 5.10 Å². The second kappa shape index (κ2) is 8.19. The topological polar surface area (TPSA) is 72.8 Å². The van der Waals surface area contributed by atoms with E-state index in [0.29, 0.717) is 27.7 Å². The van der Waals surface area contributed by atoms with Crippen LogP contribution in [-0.4, -0.2) is 15.8 Å². The second-order valence-electron chi connectivity index (χ2n) is 9.10. The second-order valence-corrected chi connectivity index (χ2v) is 9.94. The fourth-order valence-electron chi connectivity index (χ4n) is 4.76. The highest BCUT2D eigenvalue weighted by Crippen LogP contribution is 2.58. The molecule has 6 nitrogen and oxygen atoms in total. The molecule has 0 spiro atoms. The third-order valence-electron chi connectivity index (χ3n) is 6.92. The van der Waals surface area contributed by atoms with Crippen LogP contribution in [0.3, 0.4) is 0 Å². The van der Waals surface area contributed by atoms with Gasteiger partial charge in [0.25, 0.3) is 5.69 Å². The number of rotatable bonds is 5. The zero-order valence-electron chi connectivity index (χ0n) is 18.3. The van der Waals surface area contributed by atoms with Gasteiger partial charge < -0.3 is 0 Å². The van der Waals surface area contributed by atoms with Crippen LogP contribution in [0.15, 0.2) is 75.7 Å². The van der Waals surface area contributed by atoms with Crippen molar-refractivity contribution in [2.75, 3.05) is 0 Å². The summed E-state index contributed by atoms with van der Waals surface area (Å²) < 4.78 is 15.0. The average molecular weight is 463 g/mol. The van der Waals surface area contributed by atoms with Crippen LogP contribution in [0.5, 0.6) is 0 Å². The summed E-state index contributed by atoms with van der Waals surface area (Å²) in [6.07, 6.45) is 6.41. The molecule has 1 saturated carbocycles. The maximum Gasteiger partial charge on any atom is 0.270 e. The molecule has 2 bridgehead atoms. The number of aromatic nitrogens is 1. The Bertz CT molecular complexity index is 1350. The molecule has 3 aromatic rings. The first-order valence-corrected chi connectivity index (χ1v) is 11.7. The van der Waals surface area contributed by atoms with Gasteiger partial charge in [-0.1, -0.05) is 32.1 Å². The Morgan fingerprint density at radius 2 is 2.03 bits per heavy atom. The van der Waals surface area contributed by atoms with Gasteiger partial charge in [-0.3, -0.25) is 10.1 Å². The minimum absolute atomic E-state index is 0.0171. The Hall–Kier alpha value is -3.39. The van der Waals surface area contributed by atoms with Crippen molar-refractivity contribution in [3.63, 3.8) is 0 Å². The molecular formula is C25H23FN4O2S. The minimum atomic E-state index is -0.408. The Morgan fingerprint density at radius 1 is 1.24 bits per heavy atom. The molecule has 168 valence electrons. The van der Waals surface area contributed by atoms with Crippen molar-refractivity contribution >= 4 is 28.9 Å². The molecule has 3 aliphatic rings. The van der Waals surface area contributed by atoms with E-state index in [4.69, 9.17) is 5.10 Å². The van der Waals surface area contributed by atoms with Crippen molar-refractivity contribution in [3.05, 3.63) is 86.3 Å². The first-order valence-electron chi connectivity index (χ1n) is 10.8. The molecule has 1 heterocycles. The van der Waals surface area contributed by atoms with Crippen LogP contribution in [0.25, 0.3) is 11.3 Å². The van der Waals surface area contributed by atoms with Gasteiger partial charge in [-0.15, -0.1) is 11.3 Å². The van der Waals surface area contributed by atoms with E-state index >= 15 is 0 Å². The molecule has 2 aromatic carbocycles. The smallest absolute Gasteiger partial charge is 0.258 e. The molecule has 1 aromatic heterocycles. The third-order valence-corrected chi connectivity index (χ3v) is 7.74. The van der Waals surface area contributed by atoms with Crippen molar-refractivity contribution in [2.24, 2.45) is 27.3 Å². The number of nitro benzene ring substituents is 1. The lowest BCUT2D eigenvalue weighted by molar-refractivity contribution is -0.384. The highest BCUT2D eigenvalue weighted by molar-refractivity contribution is 7.07. The van der Waals surface area contributed by atoms with Gasteiger partial charge in [0.2, 0.25) is 4.80 Å². The van der Waals surface area contributed by atoms with E-state index in [0.717, 1.165) is 12.3 Å². The Kier molecular flexibility index (Phi) is 5.32. The predicted octanol–water partition coefficient (Wildman–Crippen LogP) is 6.32. The van der Waals surface area contributed by atoms with E-state index in [1.54, 1.807) is 22.9 Å². The van der Waals surface area contributed by atoms with Crippen LogP contribution < -0.4 is 4.80 Å². The maximum absolute atomic E-state index is 13.3. The van der Waals surface area contributed by atoms with Crippen molar-refractivity contribution in [3.8, 4) is 11.3 Å². The maximum atomic E-state index is 13.3. The fourth-order valence-corrected chi connectivity index (χ4v) is 5.62. The van der Waals surface area contributed by atoms with Gasteiger partial charge in [-0.05, 0) is 59.9 Å². The highest BCUT2D eigenvalue weighted by atomic mass is 32.1. The van der Waals surface area contributed by atoms with Gasteiger partial charge in [-0.25, -0.2) is 14.1 Å². The van der Waals surface area contributed by atoms with Crippen LogP contribution in [0.4, 0.5) is 15.8 Å². The van der Waals surface area contributed by atoms with Gasteiger partial charge in [0.1, 0.15) is 5.82 Å². The van der Waals surface area contributed by atoms with Crippen LogP contribution in [-0.2, 0) is 0 Å². The van der Waals surface area contributed by atoms with E-state index in [1.807, 2.05) is 17.7 Å². The van der Waals surface area contributed by atoms with Crippen molar-refractivity contribution in [2.45, 2.75) is 26.7 Å². The number of thiazole rings is 1. The summed E-state index contributed by atoms with van der Waals surface area (Å²) in [4.78, 5) is 16.1. The molecule has 8 heteroatoms. The summed E-state index contributed by atoms with van der Waals surface area (Å²) in [5.74, 6) is 0.893. The summed E-state index contributed by atoms with van der Waals surface area (Å²) in [5.41, 5.74) is 3.51. The molecule has 3 aliphatic carbocycles. The van der Waals surface area contributed by atoms with Crippen LogP contribution in [0, 0.1) is 33.2 Å². The molecule has 0 amide bonds. The van der Waals surface area contributed by atoms with E-state index in [2.05, 4.69) is 24.9 Å². The molecule has 0 N–H and O–H groups in total. The Labute approximate surface area is 194 Å². The molecule has 2 unspecified atom stereocenters. The first-order chi connectivity index (χ1) is 15.8. The van der Waals surface area contributed by atoms with Gasteiger partial charge >= 0.3 is 0 Å². The minimum Gasteiger partial charge on any atom is -0.258 e. The number of fused-ring (bicyclic) bond motifs is 1. The molecule has 6 rings (SSSR count). The predicted molar refractivity (Wildman–Crippen MR) is 128 cm³/mol. The lowest BCUT2D eigenvalue weighted by Crippen LogP contribution is -2.48. The number of halogens is 1. The van der Waals surface area contributed by atoms with Crippen LogP contribution in [0.2, 0.25) is 0 Å². The van der Waals surface area contributed by atoms with Gasteiger partial charge in [0.15, 0.2) is 0 Å². The van der Waals surface area contributed by atoms with Crippen LogP contribution in [0.1, 0.15) is 26.7 Å². The van der Waals surface area contributed by atoms with Gasteiger partial charge in [0.05, 0.1) is 22.5 Å². The molecule has 0 saturated heterocycles. The van der Waals surface area contributed by atoms with Crippen LogP contribution >= 0.6 is 11.3 Å². The standard InChI is InChI=1S/C25H23FN4O2S/c1-25(2)18-7-6-17(22(25)13-18)14-27-29-23(16-4-3-5-21(12-16)30(31)32)15-33-24(29)28-20-10-8-19(26)9-11-20/h3-6,8-12,14-15,18,22H,7,13H2,1-2H3. The lowest BCUT2D eigenvalue weighted by Gasteiger charge is -2.55. The monoisotopic (exact) mass is 462 g/mol. The zero-order valence-corrected chi connectivity index (χ0v) is 19.1. The van der Waals surface area contributed by atoms with Crippen molar-refractivity contribution in [1.82, 2.24) is 4.68 Å². The summed E-state index contributed by atoms with van der Waals surface area (Å²) in [6.45, 7) is 4.63. The van der Waals surface area contributed by atoms with Crippen molar-refractivity contribution < 1.29 is 9.31 Å². The van der Waals surface area contributed by atoms with Crippen molar-refractivity contribution in [1.29, 1.82) is 0 Å². The molecule has 0 aliphatic heterocycles. The number of hydrogen-bond donors (Lipinski definition) is 0.